The number of guanidine groups is 1. The molecule has 0 saturated heterocycles. The van der Waals surface area contributed by atoms with Crippen molar-refractivity contribution in [2.45, 2.75) is 31.2 Å². The van der Waals surface area contributed by atoms with Crippen LogP contribution in [0.25, 0.3) is 0 Å². The third-order valence-corrected chi connectivity index (χ3v) is 5.76. The van der Waals surface area contributed by atoms with Gasteiger partial charge in [-0.05, 0) is 30.0 Å². The van der Waals surface area contributed by atoms with E-state index in [1.807, 2.05) is 30.6 Å². The van der Waals surface area contributed by atoms with Crippen LogP contribution in [0.5, 0.6) is 0 Å². The number of nitrogens with zero attached hydrogens (tertiary/aromatic N) is 3. The molecule has 0 atom stereocenters. The third-order valence-electron chi connectivity index (χ3n) is 5.76. The van der Waals surface area contributed by atoms with Crippen molar-refractivity contribution in [3.8, 4) is 0 Å². The monoisotopic (exact) mass is 533 g/mol. The molecule has 0 unspecified atom stereocenters. The van der Waals surface area contributed by atoms with Crippen LogP contribution in [0, 0.1) is 5.82 Å². The van der Waals surface area contributed by atoms with Crippen molar-refractivity contribution in [2.75, 3.05) is 20.1 Å². The van der Waals surface area contributed by atoms with Gasteiger partial charge < -0.3 is 15.2 Å². The Morgan fingerprint density at radius 3 is 2.55 bits per heavy atom. The van der Waals surface area contributed by atoms with E-state index in [9.17, 15) is 4.39 Å². The van der Waals surface area contributed by atoms with E-state index in [1.54, 1.807) is 19.2 Å². The van der Waals surface area contributed by atoms with E-state index in [4.69, 9.17) is 0 Å². The highest BCUT2D eigenvalue weighted by Gasteiger charge is 2.45. The molecule has 1 aromatic heterocycles. The number of hydrogen-bond acceptors (Lipinski definition) is 2. The number of aliphatic imine (C=N–C) groups is 1. The fourth-order valence-corrected chi connectivity index (χ4v) is 3.84. The average molecular weight is 533 g/mol. The Labute approximate surface area is 200 Å². The van der Waals surface area contributed by atoms with Gasteiger partial charge in [0.25, 0.3) is 0 Å². The highest BCUT2D eigenvalue weighted by molar-refractivity contribution is 14.0. The number of aromatic nitrogens is 2. The van der Waals surface area contributed by atoms with Crippen molar-refractivity contribution in [1.29, 1.82) is 0 Å². The largest absolute Gasteiger partial charge is 0.356 e. The summed E-state index contributed by atoms with van der Waals surface area (Å²) in [6.45, 7) is 2.21. The lowest BCUT2D eigenvalue weighted by atomic mass is 9.95. The number of hydrogen-bond donors (Lipinski definition) is 2. The molecule has 0 radical (unpaired) electrons. The van der Waals surface area contributed by atoms with Gasteiger partial charge in [-0.1, -0.05) is 48.5 Å². The standard InChI is InChI=1S/C24H28FN5.HI/c1-26-23(29-18-24(12-13-24)20-9-5-6-10-21(20)25)28-14-11-22-27-15-16-30(22)17-19-7-3-2-4-8-19;/h2-10,15-16H,11-14,17-18H2,1H3,(H2,26,28,29);1H. The molecule has 2 N–H and O–H groups in total. The maximum absolute atomic E-state index is 14.2. The zero-order chi connectivity index (χ0) is 20.8. The summed E-state index contributed by atoms with van der Waals surface area (Å²) in [5.74, 6) is 1.65. The molecular weight excluding hydrogens is 504 g/mol. The molecule has 2 aromatic carbocycles. The Morgan fingerprint density at radius 2 is 1.84 bits per heavy atom. The van der Waals surface area contributed by atoms with Crippen LogP contribution >= 0.6 is 24.0 Å². The van der Waals surface area contributed by atoms with E-state index in [-0.39, 0.29) is 35.2 Å². The average Bonchev–Trinajstić information content (AvgIpc) is 3.44. The first-order chi connectivity index (χ1) is 14.7. The van der Waals surface area contributed by atoms with Gasteiger partial charge in [-0.2, -0.15) is 0 Å². The first kappa shape index (κ1) is 23.2. The predicted molar refractivity (Wildman–Crippen MR) is 134 cm³/mol. The number of benzene rings is 2. The van der Waals surface area contributed by atoms with E-state index in [0.717, 1.165) is 49.7 Å². The van der Waals surface area contributed by atoms with E-state index < -0.39 is 0 Å². The molecule has 1 saturated carbocycles. The molecule has 31 heavy (non-hydrogen) atoms. The Morgan fingerprint density at radius 1 is 1.10 bits per heavy atom. The highest BCUT2D eigenvalue weighted by atomic mass is 127. The maximum Gasteiger partial charge on any atom is 0.191 e. The molecule has 1 aliphatic carbocycles. The Balaban J connectivity index is 0.00000272. The van der Waals surface area contributed by atoms with Crippen LogP contribution in [-0.4, -0.2) is 35.6 Å². The van der Waals surface area contributed by atoms with E-state index >= 15 is 0 Å². The molecule has 7 heteroatoms. The van der Waals surface area contributed by atoms with Gasteiger partial charge in [-0.15, -0.1) is 24.0 Å². The molecule has 1 aliphatic rings. The molecule has 4 rings (SSSR count). The van der Waals surface area contributed by atoms with Gasteiger partial charge in [0.15, 0.2) is 5.96 Å². The summed E-state index contributed by atoms with van der Waals surface area (Å²) in [6, 6.07) is 17.5. The fraction of sp³-hybridized carbons (Fsp3) is 0.333. The number of halogens is 2. The van der Waals surface area contributed by atoms with Crippen molar-refractivity contribution in [3.63, 3.8) is 0 Å². The molecular formula is C24H29FIN5. The lowest BCUT2D eigenvalue weighted by Gasteiger charge is -2.19. The molecule has 0 spiro atoms. The second kappa shape index (κ2) is 10.7. The summed E-state index contributed by atoms with van der Waals surface area (Å²) in [7, 11) is 1.76. The summed E-state index contributed by atoms with van der Waals surface area (Å²) in [4.78, 5) is 8.82. The van der Waals surface area contributed by atoms with E-state index in [1.165, 1.54) is 5.56 Å². The van der Waals surface area contributed by atoms with Crippen molar-refractivity contribution < 1.29 is 4.39 Å². The molecule has 0 bridgehead atoms. The number of rotatable bonds is 8. The van der Waals surface area contributed by atoms with Crippen LogP contribution in [0.3, 0.4) is 0 Å². The van der Waals surface area contributed by atoms with E-state index in [0.29, 0.717) is 6.54 Å². The lowest BCUT2D eigenvalue weighted by Crippen LogP contribution is -2.42. The van der Waals surface area contributed by atoms with Crippen LogP contribution in [0.4, 0.5) is 4.39 Å². The van der Waals surface area contributed by atoms with Crippen LogP contribution in [0.15, 0.2) is 72.0 Å². The predicted octanol–water partition coefficient (Wildman–Crippen LogP) is 4.13. The number of imidazole rings is 1. The molecule has 164 valence electrons. The maximum atomic E-state index is 14.2. The van der Waals surface area contributed by atoms with Crippen molar-refractivity contribution in [2.24, 2.45) is 4.99 Å². The van der Waals surface area contributed by atoms with Gasteiger partial charge in [0.1, 0.15) is 11.6 Å². The highest BCUT2D eigenvalue weighted by Crippen LogP contribution is 2.48. The zero-order valence-corrected chi connectivity index (χ0v) is 20.1. The third kappa shape index (κ3) is 5.84. The Kier molecular flexibility index (Phi) is 8.06. The van der Waals surface area contributed by atoms with Crippen LogP contribution in [0.1, 0.15) is 29.8 Å². The van der Waals surface area contributed by atoms with Gasteiger partial charge in [0.2, 0.25) is 0 Å². The Hall–Kier alpha value is -2.42. The van der Waals surface area contributed by atoms with Crippen molar-refractivity contribution in [3.05, 3.63) is 89.8 Å². The zero-order valence-electron chi connectivity index (χ0n) is 17.7. The van der Waals surface area contributed by atoms with Gasteiger partial charge in [0.05, 0.1) is 0 Å². The van der Waals surface area contributed by atoms with Crippen LogP contribution in [-0.2, 0) is 18.4 Å². The molecule has 1 fully saturated rings. The van der Waals surface area contributed by atoms with Gasteiger partial charge in [-0.25, -0.2) is 9.37 Å². The smallest absolute Gasteiger partial charge is 0.191 e. The molecule has 1 heterocycles. The SMILES string of the molecule is CN=C(NCCc1nccn1Cc1ccccc1)NCC1(c2ccccc2F)CC1.I. The first-order valence-corrected chi connectivity index (χ1v) is 10.4. The second-order valence-electron chi connectivity index (χ2n) is 7.82. The van der Waals surface area contributed by atoms with Gasteiger partial charge in [0, 0.05) is 50.9 Å². The van der Waals surface area contributed by atoms with Gasteiger partial charge in [-0.3, -0.25) is 4.99 Å². The minimum Gasteiger partial charge on any atom is -0.356 e. The topological polar surface area (TPSA) is 54.2 Å². The quantitative estimate of drug-likeness (QED) is 0.260. The molecule has 3 aromatic rings. The summed E-state index contributed by atoms with van der Waals surface area (Å²) in [6.07, 6.45) is 6.64. The first-order valence-electron chi connectivity index (χ1n) is 10.4. The van der Waals surface area contributed by atoms with Crippen molar-refractivity contribution in [1.82, 2.24) is 20.2 Å². The van der Waals surface area contributed by atoms with Crippen LogP contribution in [0.2, 0.25) is 0 Å². The minimum atomic E-state index is -0.120. The lowest BCUT2D eigenvalue weighted by molar-refractivity contribution is 0.559. The summed E-state index contributed by atoms with van der Waals surface area (Å²) >= 11 is 0. The van der Waals surface area contributed by atoms with E-state index in [2.05, 4.69) is 49.4 Å². The van der Waals surface area contributed by atoms with Gasteiger partial charge >= 0.3 is 0 Å². The van der Waals surface area contributed by atoms with Crippen molar-refractivity contribution >= 4 is 29.9 Å². The fourth-order valence-electron chi connectivity index (χ4n) is 3.84. The van der Waals surface area contributed by atoms with Crippen LogP contribution < -0.4 is 10.6 Å². The number of nitrogens with one attached hydrogen (secondary N) is 2. The summed E-state index contributed by atoms with van der Waals surface area (Å²) in [5, 5.41) is 6.73. The summed E-state index contributed by atoms with van der Waals surface area (Å²) < 4.78 is 16.4. The molecule has 5 nitrogen and oxygen atoms in total. The molecule has 0 aliphatic heterocycles. The molecule has 0 amide bonds. The summed E-state index contributed by atoms with van der Waals surface area (Å²) in [5.41, 5.74) is 1.94. The normalized spacial score (nSPS) is 14.6. The second-order valence-corrected chi connectivity index (χ2v) is 7.82. The Bertz CT molecular complexity index is 998. The minimum absolute atomic E-state index is 0.